The molecule has 1 aliphatic heterocycles. The van der Waals surface area contributed by atoms with Crippen LogP contribution < -0.4 is 5.32 Å². The molecular weight excluding hydrogens is 170 g/mol. The van der Waals surface area contributed by atoms with Crippen LogP contribution in [-0.4, -0.2) is 13.1 Å². The number of allylic oxidation sites excluding steroid dienone is 5. The summed E-state index contributed by atoms with van der Waals surface area (Å²) in [6.45, 7) is 6.61. The molecule has 2 rings (SSSR count). The fourth-order valence-electron chi connectivity index (χ4n) is 2.35. The van der Waals surface area contributed by atoms with Gasteiger partial charge in [-0.1, -0.05) is 36.5 Å². The Morgan fingerprint density at radius 1 is 1.21 bits per heavy atom. The minimum atomic E-state index is 0.600. The Morgan fingerprint density at radius 3 is 2.64 bits per heavy atom. The lowest BCUT2D eigenvalue weighted by atomic mass is 9.81. The molecule has 0 amide bonds. The van der Waals surface area contributed by atoms with E-state index in [0.717, 1.165) is 25.4 Å². The van der Waals surface area contributed by atoms with E-state index < -0.39 is 0 Å². The standard InChI is InChI=1S/C13H19N/c1-11(12-5-3-2-4-6-12)13-7-9-14-10-8-13/h2-5,12-14H,1,6-10H2. The molecule has 1 N–H and O–H groups in total. The van der Waals surface area contributed by atoms with Crippen molar-refractivity contribution in [1.82, 2.24) is 5.32 Å². The topological polar surface area (TPSA) is 12.0 Å². The highest BCUT2D eigenvalue weighted by atomic mass is 14.9. The number of rotatable bonds is 2. The molecule has 1 aliphatic carbocycles. The molecule has 14 heavy (non-hydrogen) atoms. The van der Waals surface area contributed by atoms with Crippen LogP contribution in [-0.2, 0) is 0 Å². The fourth-order valence-corrected chi connectivity index (χ4v) is 2.35. The Morgan fingerprint density at radius 2 is 2.00 bits per heavy atom. The first-order chi connectivity index (χ1) is 6.88. The van der Waals surface area contributed by atoms with E-state index in [4.69, 9.17) is 0 Å². The molecule has 0 radical (unpaired) electrons. The number of piperidine rings is 1. The fraction of sp³-hybridized carbons (Fsp3) is 0.538. The molecule has 1 saturated heterocycles. The van der Waals surface area contributed by atoms with Crippen LogP contribution in [0.25, 0.3) is 0 Å². The van der Waals surface area contributed by atoms with Crippen molar-refractivity contribution in [3.63, 3.8) is 0 Å². The van der Waals surface area contributed by atoms with Gasteiger partial charge in [0.05, 0.1) is 0 Å². The van der Waals surface area contributed by atoms with Crippen molar-refractivity contribution in [2.24, 2.45) is 11.8 Å². The summed E-state index contributed by atoms with van der Waals surface area (Å²) in [4.78, 5) is 0. The highest BCUT2D eigenvalue weighted by Gasteiger charge is 2.20. The Balaban J connectivity index is 1.93. The molecule has 1 unspecified atom stereocenters. The van der Waals surface area contributed by atoms with Gasteiger partial charge in [0.15, 0.2) is 0 Å². The Bertz CT molecular complexity index is 256. The van der Waals surface area contributed by atoms with E-state index in [0.29, 0.717) is 5.92 Å². The number of hydrogen-bond acceptors (Lipinski definition) is 1. The molecule has 0 aromatic heterocycles. The average Bonchev–Trinajstić information content (AvgIpc) is 2.30. The third-order valence-corrected chi connectivity index (χ3v) is 3.32. The van der Waals surface area contributed by atoms with Crippen LogP contribution in [0.2, 0.25) is 0 Å². The van der Waals surface area contributed by atoms with Gasteiger partial charge in [-0.05, 0) is 38.3 Å². The van der Waals surface area contributed by atoms with Crippen LogP contribution in [0.3, 0.4) is 0 Å². The summed E-state index contributed by atoms with van der Waals surface area (Å²) in [7, 11) is 0. The van der Waals surface area contributed by atoms with Crippen molar-refractivity contribution in [3.8, 4) is 0 Å². The van der Waals surface area contributed by atoms with Gasteiger partial charge in [0.1, 0.15) is 0 Å². The number of hydrogen-bond donors (Lipinski definition) is 1. The van der Waals surface area contributed by atoms with E-state index in [-0.39, 0.29) is 0 Å². The molecule has 1 atom stereocenters. The van der Waals surface area contributed by atoms with Gasteiger partial charge in [-0.3, -0.25) is 0 Å². The van der Waals surface area contributed by atoms with Crippen molar-refractivity contribution in [2.45, 2.75) is 19.3 Å². The minimum absolute atomic E-state index is 0.600. The second-order valence-electron chi connectivity index (χ2n) is 4.25. The highest BCUT2D eigenvalue weighted by molar-refractivity contribution is 5.21. The van der Waals surface area contributed by atoms with E-state index in [1.54, 1.807) is 0 Å². The monoisotopic (exact) mass is 189 g/mol. The quantitative estimate of drug-likeness (QED) is 0.659. The van der Waals surface area contributed by atoms with Crippen LogP contribution in [0.4, 0.5) is 0 Å². The maximum Gasteiger partial charge on any atom is 0.00146 e. The van der Waals surface area contributed by atoms with Crippen LogP contribution in [0.1, 0.15) is 19.3 Å². The van der Waals surface area contributed by atoms with Gasteiger partial charge >= 0.3 is 0 Å². The van der Waals surface area contributed by atoms with E-state index >= 15 is 0 Å². The lowest BCUT2D eigenvalue weighted by molar-refractivity contribution is 0.399. The van der Waals surface area contributed by atoms with Crippen molar-refractivity contribution in [2.75, 3.05) is 13.1 Å². The molecule has 2 aliphatic rings. The minimum Gasteiger partial charge on any atom is -0.317 e. The molecule has 1 heterocycles. The van der Waals surface area contributed by atoms with Crippen molar-refractivity contribution < 1.29 is 0 Å². The summed E-state index contributed by atoms with van der Waals surface area (Å²) in [5.74, 6) is 1.35. The first-order valence-electron chi connectivity index (χ1n) is 5.60. The maximum atomic E-state index is 4.29. The van der Waals surface area contributed by atoms with Crippen LogP contribution in [0.15, 0.2) is 36.5 Å². The van der Waals surface area contributed by atoms with Gasteiger partial charge in [0.2, 0.25) is 0 Å². The molecule has 0 aromatic rings. The molecule has 1 heteroatoms. The molecule has 0 spiro atoms. The Labute approximate surface area is 86.6 Å². The Hall–Kier alpha value is -0.820. The van der Waals surface area contributed by atoms with Crippen LogP contribution >= 0.6 is 0 Å². The van der Waals surface area contributed by atoms with Gasteiger partial charge in [-0.25, -0.2) is 0 Å². The molecule has 76 valence electrons. The van der Waals surface area contributed by atoms with Crippen molar-refractivity contribution >= 4 is 0 Å². The molecule has 1 fully saturated rings. The summed E-state index contributed by atoms with van der Waals surface area (Å²) in [5, 5.41) is 3.40. The zero-order valence-electron chi connectivity index (χ0n) is 8.71. The van der Waals surface area contributed by atoms with Gasteiger partial charge in [0.25, 0.3) is 0 Å². The van der Waals surface area contributed by atoms with Crippen LogP contribution in [0, 0.1) is 11.8 Å². The summed E-state index contributed by atoms with van der Waals surface area (Å²) in [6, 6.07) is 0. The SMILES string of the molecule is C=C(C1C=CC=CC1)C1CCNCC1. The lowest BCUT2D eigenvalue weighted by Crippen LogP contribution is -2.29. The van der Waals surface area contributed by atoms with Gasteiger partial charge in [0, 0.05) is 5.92 Å². The van der Waals surface area contributed by atoms with Crippen molar-refractivity contribution in [3.05, 3.63) is 36.5 Å². The van der Waals surface area contributed by atoms with E-state index in [1.807, 2.05) is 0 Å². The van der Waals surface area contributed by atoms with E-state index in [1.165, 1.54) is 18.4 Å². The largest absolute Gasteiger partial charge is 0.317 e. The Kier molecular flexibility index (Phi) is 3.20. The molecular formula is C13H19N. The van der Waals surface area contributed by atoms with Gasteiger partial charge in [-0.2, -0.15) is 0 Å². The predicted octanol–water partition coefficient (Wildman–Crippen LogP) is 2.67. The smallest absolute Gasteiger partial charge is 0.00146 e. The highest BCUT2D eigenvalue weighted by Crippen LogP contribution is 2.30. The van der Waals surface area contributed by atoms with Gasteiger partial charge in [-0.15, -0.1) is 0 Å². The third kappa shape index (κ3) is 2.16. The number of nitrogens with one attached hydrogen (secondary N) is 1. The zero-order valence-corrected chi connectivity index (χ0v) is 8.71. The zero-order chi connectivity index (χ0) is 9.80. The van der Waals surface area contributed by atoms with Crippen LogP contribution in [0.5, 0.6) is 0 Å². The van der Waals surface area contributed by atoms with Gasteiger partial charge < -0.3 is 5.32 Å². The molecule has 0 saturated carbocycles. The third-order valence-electron chi connectivity index (χ3n) is 3.32. The summed E-state index contributed by atoms with van der Waals surface area (Å²) < 4.78 is 0. The maximum absolute atomic E-state index is 4.29. The predicted molar refractivity (Wildman–Crippen MR) is 61.1 cm³/mol. The van der Waals surface area contributed by atoms with E-state index in [2.05, 4.69) is 36.2 Å². The van der Waals surface area contributed by atoms with E-state index in [9.17, 15) is 0 Å². The summed E-state index contributed by atoms with van der Waals surface area (Å²) in [5.41, 5.74) is 1.45. The first kappa shape index (κ1) is 9.72. The van der Waals surface area contributed by atoms with Crippen molar-refractivity contribution in [1.29, 1.82) is 0 Å². The molecule has 1 nitrogen and oxygen atoms in total. The second-order valence-corrected chi connectivity index (χ2v) is 4.25. The summed E-state index contributed by atoms with van der Waals surface area (Å²) in [6.07, 6.45) is 12.5. The normalized spacial score (nSPS) is 27.9. The average molecular weight is 189 g/mol. The second kappa shape index (κ2) is 4.61. The summed E-state index contributed by atoms with van der Waals surface area (Å²) >= 11 is 0. The lowest BCUT2D eigenvalue weighted by Gasteiger charge is -2.28. The molecule has 0 aromatic carbocycles. The first-order valence-corrected chi connectivity index (χ1v) is 5.60. The molecule has 0 bridgehead atoms.